The molecule has 0 unspecified atom stereocenters. The topological polar surface area (TPSA) is 12.0 Å². The van der Waals surface area contributed by atoms with E-state index < -0.39 is 0 Å². The van der Waals surface area contributed by atoms with Crippen LogP contribution in [-0.4, -0.2) is 12.6 Å². The third-order valence-corrected chi connectivity index (χ3v) is 5.29. The van der Waals surface area contributed by atoms with Crippen molar-refractivity contribution in [1.82, 2.24) is 5.32 Å². The molecule has 0 bridgehead atoms. The summed E-state index contributed by atoms with van der Waals surface area (Å²) in [6.07, 6.45) is 17.5. The van der Waals surface area contributed by atoms with Crippen molar-refractivity contribution < 1.29 is 0 Å². The molecule has 0 amide bonds. The van der Waals surface area contributed by atoms with Gasteiger partial charge in [0.25, 0.3) is 0 Å². The number of nitrogens with one attached hydrogen (secondary N) is 1. The molecular weight excluding hydrogens is 206 g/mol. The lowest BCUT2D eigenvalue weighted by molar-refractivity contribution is 0.244. The Labute approximate surface area is 108 Å². The van der Waals surface area contributed by atoms with Crippen molar-refractivity contribution in [2.75, 3.05) is 6.54 Å². The Kier molecular flexibility index (Phi) is 5.34. The van der Waals surface area contributed by atoms with Crippen LogP contribution in [0.3, 0.4) is 0 Å². The molecule has 2 aliphatic rings. The number of rotatable bonds is 4. The van der Waals surface area contributed by atoms with Gasteiger partial charge in [-0.2, -0.15) is 0 Å². The first-order valence-electron chi connectivity index (χ1n) is 8.08. The predicted molar refractivity (Wildman–Crippen MR) is 75.3 cm³/mol. The SMILES string of the molecule is CCC1(CNC2CCCCCCC2)CCCC1. The molecule has 2 fully saturated rings. The van der Waals surface area contributed by atoms with Crippen LogP contribution in [0.1, 0.15) is 84.0 Å². The summed E-state index contributed by atoms with van der Waals surface area (Å²) in [6.45, 7) is 3.69. The smallest absolute Gasteiger partial charge is 0.00672 e. The van der Waals surface area contributed by atoms with Gasteiger partial charge < -0.3 is 5.32 Å². The Hall–Kier alpha value is -0.0400. The van der Waals surface area contributed by atoms with Gasteiger partial charge in [-0.05, 0) is 37.5 Å². The quantitative estimate of drug-likeness (QED) is 0.750. The summed E-state index contributed by atoms with van der Waals surface area (Å²) in [6, 6.07) is 0.833. The van der Waals surface area contributed by atoms with Crippen LogP contribution in [0.4, 0.5) is 0 Å². The molecule has 1 heteroatoms. The van der Waals surface area contributed by atoms with Crippen LogP contribution in [0, 0.1) is 5.41 Å². The van der Waals surface area contributed by atoms with E-state index in [4.69, 9.17) is 0 Å². The maximum Gasteiger partial charge on any atom is 0.00672 e. The van der Waals surface area contributed by atoms with Crippen molar-refractivity contribution in [1.29, 1.82) is 0 Å². The largest absolute Gasteiger partial charge is 0.313 e. The van der Waals surface area contributed by atoms with Gasteiger partial charge in [0, 0.05) is 12.6 Å². The fourth-order valence-corrected chi connectivity index (χ4v) is 3.80. The maximum absolute atomic E-state index is 3.92. The second kappa shape index (κ2) is 6.78. The Balaban J connectivity index is 1.75. The predicted octanol–water partition coefficient (Wildman–Crippen LogP) is 4.66. The minimum atomic E-state index is 0.669. The van der Waals surface area contributed by atoms with Gasteiger partial charge in [-0.1, -0.05) is 51.9 Å². The van der Waals surface area contributed by atoms with Crippen LogP contribution in [0.2, 0.25) is 0 Å². The molecule has 0 atom stereocenters. The fraction of sp³-hybridized carbons (Fsp3) is 1.00. The molecule has 1 N–H and O–H groups in total. The molecule has 2 aliphatic carbocycles. The highest BCUT2D eigenvalue weighted by Gasteiger charge is 2.32. The van der Waals surface area contributed by atoms with Gasteiger partial charge in [-0.15, -0.1) is 0 Å². The maximum atomic E-state index is 3.92. The first-order valence-corrected chi connectivity index (χ1v) is 8.08. The van der Waals surface area contributed by atoms with Crippen molar-refractivity contribution in [2.24, 2.45) is 5.41 Å². The second-order valence-electron chi connectivity index (χ2n) is 6.48. The Morgan fingerprint density at radius 1 is 0.882 bits per heavy atom. The van der Waals surface area contributed by atoms with Crippen molar-refractivity contribution in [2.45, 2.75) is 90.0 Å². The number of hydrogen-bond donors (Lipinski definition) is 1. The van der Waals surface area contributed by atoms with Crippen molar-refractivity contribution in [3.05, 3.63) is 0 Å². The van der Waals surface area contributed by atoms with Gasteiger partial charge in [-0.3, -0.25) is 0 Å². The second-order valence-corrected chi connectivity index (χ2v) is 6.48. The Morgan fingerprint density at radius 3 is 2.06 bits per heavy atom. The number of hydrogen-bond acceptors (Lipinski definition) is 1. The Morgan fingerprint density at radius 2 is 1.47 bits per heavy atom. The summed E-state index contributed by atoms with van der Waals surface area (Å²) >= 11 is 0. The molecular formula is C16H31N. The van der Waals surface area contributed by atoms with Crippen LogP contribution in [0.5, 0.6) is 0 Å². The van der Waals surface area contributed by atoms with E-state index in [9.17, 15) is 0 Å². The molecule has 0 aromatic carbocycles. The van der Waals surface area contributed by atoms with Crippen LogP contribution in [0.25, 0.3) is 0 Å². The average molecular weight is 237 g/mol. The van der Waals surface area contributed by atoms with Crippen molar-refractivity contribution >= 4 is 0 Å². The average Bonchev–Trinajstić information content (AvgIpc) is 2.77. The van der Waals surface area contributed by atoms with E-state index in [-0.39, 0.29) is 0 Å². The highest BCUT2D eigenvalue weighted by molar-refractivity contribution is 4.86. The summed E-state index contributed by atoms with van der Waals surface area (Å²) in [5, 5.41) is 3.92. The molecule has 2 saturated carbocycles. The third kappa shape index (κ3) is 3.98. The van der Waals surface area contributed by atoms with E-state index in [0.717, 1.165) is 6.04 Å². The van der Waals surface area contributed by atoms with E-state index in [1.54, 1.807) is 0 Å². The summed E-state index contributed by atoms with van der Waals surface area (Å²) < 4.78 is 0. The monoisotopic (exact) mass is 237 g/mol. The highest BCUT2D eigenvalue weighted by Crippen LogP contribution is 2.40. The van der Waals surface area contributed by atoms with Crippen LogP contribution in [0.15, 0.2) is 0 Å². The van der Waals surface area contributed by atoms with Gasteiger partial charge in [-0.25, -0.2) is 0 Å². The van der Waals surface area contributed by atoms with Gasteiger partial charge in [0.2, 0.25) is 0 Å². The molecule has 0 heterocycles. The van der Waals surface area contributed by atoms with E-state index in [2.05, 4.69) is 12.2 Å². The van der Waals surface area contributed by atoms with Crippen LogP contribution >= 0.6 is 0 Å². The van der Waals surface area contributed by atoms with Gasteiger partial charge in [0.05, 0.1) is 0 Å². The molecule has 0 aliphatic heterocycles. The zero-order chi connectivity index (χ0) is 12.0. The molecule has 0 spiro atoms. The normalized spacial score (nSPS) is 26.6. The van der Waals surface area contributed by atoms with E-state index in [1.165, 1.54) is 83.6 Å². The summed E-state index contributed by atoms with van der Waals surface area (Å²) in [4.78, 5) is 0. The van der Waals surface area contributed by atoms with Crippen molar-refractivity contribution in [3.63, 3.8) is 0 Å². The zero-order valence-corrected chi connectivity index (χ0v) is 11.8. The summed E-state index contributed by atoms with van der Waals surface area (Å²) in [7, 11) is 0. The van der Waals surface area contributed by atoms with Crippen LogP contribution in [-0.2, 0) is 0 Å². The van der Waals surface area contributed by atoms with E-state index >= 15 is 0 Å². The molecule has 0 aromatic heterocycles. The highest BCUT2D eigenvalue weighted by atomic mass is 14.9. The molecule has 2 rings (SSSR count). The van der Waals surface area contributed by atoms with Gasteiger partial charge in [0.1, 0.15) is 0 Å². The minimum absolute atomic E-state index is 0.669. The summed E-state index contributed by atoms with van der Waals surface area (Å²) in [5.74, 6) is 0. The van der Waals surface area contributed by atoms with E-state index in [1.807, 2.05) is 0 Å². The zero-order valence-electron chi connectivity index (χ0n) is 11.8. The minimum Gasteiger partial charge on any atom is -0.313 e. The lowest BCUT2D eigenvalue weighted by Crippen LogP contribution is -2.38. The van der Waals surface area contributed by atoms with E-state index in [0.29, 0.717) is 5.41 Å². The first-order chi connectivity index (χ1) is 8.35. The van der Waals surface area contributed by atoms with Gasteiger partial charge in [0.15, 0.2) is 0 Å². The molecule has 0 aromatic rings. The summed E-state index contributed by atoms with van der Waals surface area (Å²) in [5.41, 5.74) is 0.669. The molecule has 1 nitrogen and oxygen atoms in total. The molecule has 17 heavy (non-hydrogen) atoms. The lowest BCUT2D eigenvalue weighted by Gasteiger charge is -2.31. The van der Waals surface area contributed by atoms with Crippen LogP contribution < -0.4 is 5.32 Å². The van der Waals surface area contributed by atoms with Gasteiger partial charge >= 0.3 is 0 Å². The Bertz CT molecular complexity index is 198. The molecule has 100 valence electrons. The standard InChI is InChI=1S/C16H31N/c1-2-16(12-8-9-13-16)14-17-15-10-6-4-3-5-7-11-15/h15,17H,2-14H2,1H3. The molecule has 0 radical (unpaired) electrons. The lowest BCUT2D eigenvalue weighted by atomic mass is 9.83. The fourth-order valence-electron chi connectivity index (χ4n) is 3.80. The molecule has 0 saturated heterocycles. The third-order valence-electron chi connectivity index (χ3n) is 5.29. The first kappa shape index (κ1) is 13.4. The van der Waals surface area contributed by atoms with Crippen molar-refractivity contribution in [3.8, 4) is 0 Å².